The van der Waals surface area contributed by atoms with Crippen molar-refractivity contribution in [3.8, 4) is 10.6 Å². The van der Waals surface area contributed by atoms with Crippen LogP contribution in [0.25, 0.3) is 10.6 Å². The van der Waals surface area contributed by atoms with Crippen molar-refractivity contribution in [2.24, 2.45) is 0 Å². The van der Waals surface area contributed by atoms with Crippen LogP contribution in [0.15, 0.2) is 60.0 Å². The van der Waals surface area contributed by atoms with E-state index in [-0.39, 0.29) is 11.8 Å². The molecule has 148 valence electrons. The van der Waals surface area contributed by atoms with Gasteiger partial charge >= 0.3 is 0 Å². The van der Waals surface area contributed by atoms with Crippen LogP contribution in [0.2, 0.25) is 5.02 Å². The van der Waals surface area contributed by atoms with Gasteiger partial charge in [0.2, 0.25) is 5.91 Å². The first-order valence-corrected chi connectivity index (χ1v) is 11.4. The molecule has 8 heteroatoms. The Morgan fingerprint density at radius 1 is 1.14 bits per heavy atom. The quantitative estimate of drug-likeness (QED) is 0.638. The molecular weight excluding hydrogens is 426 g/mol. The van der Waals surface area contributed by atoms with Gasteiger partial charge in [0, 0.05) is 27.3 Å². The first kappa shape index (κ1) is 19.9. The standard InChI is InChI=1S/C21H18ClN3O2S2/c22-16-8-6-15(7-9-16)21(27)25-13-28-12-18(25)19(26)23-10-17-11-29-20(24-17)14-4-2-1-3-5-14/h1-9,11,18H,10,12-13H2,(H,23,26)/t18-/m1/s1. The minimum Gasteiger partial charge on any atom is -0.349 e. The number of amides is 2. The molecule has 0 aliphatic carbocycles. The molecule has 2 aromatic carbocycles. The second-order valence-electron chi connectivity index (χ2n) is 6.53. The van der Waals surface area contributed by atoms with Crippen molar-refractivity contribution in [2.75, 3.05) is 11.6 Å². The van der Waals surface area contributed by atoms with E-state index in [2.05, 4.69) is 10.3 Å². The number of rotatable bonds is 5. The molecule has 1 aliphatic rings. The van der Waals surface area contributed by atoms with E-state index in [9.17, 15) is 9.59 Å². The maximum absolute atomic E-state index is 12.8. The Morgan fingerprint density at radius 2 is 1.90 bits per heavy atom. The van der Waals surface area contributed by atoms with Gasteiger partial charge < -0.3 is 10.2 Å². The van der Waals surface area contributed by atoms with E-state index in [4.69, 9.17) is 11.6 Å². The Morgan fingerprint density at radius 3 is 2.66 bits per heavy atom. The molecular formula is C21H18ClN3O2S2. The largest absolute Gasteiger partial charge is 0.349 e. The SMILES string of the molecule is O=C(NCc1csc(-c2ccccc2)n1)[C@H]1CSCN1C(=O)c1ccc(Cl)cc1. The predicted molar refractivity (Wildman–Crippen MR) is 118 cm³/mol. The highest BCUT2D eigenvalue weighted by Gasteiger charge is 2.35. The van der Waals surface area contributed by atoms with Crippen molar-refractivity contribution in [1.29, 1.82) is 0 Å². The highest BCUT2D eigenvalue weighted by molar-refractivity contribution is 7.99. The number of carbonyl (C=O) groups excluding carboxylic acids is 2. The van der Waals surface area contributed by atoms with Crippen LogP contribution in [0, 0.1) is 0 Å². The third kappa shape index (κ3) is 4.63. The maximum Gasteiger partial charge on any atom is 0.255 e. The molecule has 3 aromatic rings. The van der Waals surface area contributed by atoms with Crippen LogP contribution in [0.5, 0.6) is 0 Å². The molecule has 1 fully saturated rings. The number of halogens is 1. The first-order chi connectivity index (χ1) is 14.1. The van der Waals surface area contributed by atoms with Gasteiger partial charge in [-0.1, -0.05) is 41.9 Å². The van der Waals surface area contributed by atoms with Crippen LogP contribution in [0.1, 0.15) is 16.1 Å². The molecule has 0 radical (unpaired) electrons. The summed E-state index contributed by atoms with van der Waals surface area (Å²) in [5.41, 5.74) is 2.40. The number of nitrogens with one attached hydrogen (secondary N) is 1. The van der Waals surface area contributed by atoms with Crippen molar-refractivity contribution in [3.63, 3.8) is 0 Å². The summed E-state index contributed by atoms with van der Waals surface area (Å²) < 4.78 is 0. The average Bonchev–Trinajstić information content (AvgIpc) is 3.43. The highest BCUT2D eigenvalue weighted by atomic mass is 35.5. The van der Waals surface area contributed by atoms with Crippen LogP contribution < -0.4 is 5.32 Å². The van der Waals surface area contributed by atoms with Gasteiger partial charge in [0.25, 0.3) is 5.91 Å². The molecule has 29 heavy (non-hydrogen) atoms. The second-order valence-corrected chi connectivity index (χ2v) is 8.82. The maximum atomic E-state index is 12.8. The minimum atomic E-state index is -0.490. The van der Waals surface area contributed by atoms with E-state index in [1.54, 1.807) is 52.3 Å². The van der Waals surface area contributed by atoms with Gasteiger partial charge in [-0.3, -0.25) is 9.59 Å². The van der Waals surface area contributed by atoms with E-state index in [1.807, 2.05) is 35.7 Å². The third-order valence-electron chi connectivity index (χ3n) is 4.55. The Bertz CT molecular complexity index is 1010. The highest BCUT2D eigenvalue weighted by Crippen LogP contribution is 2.25. The van der Waals surface area contributed by atoms with Crippen LogP contribution >= 0.6 is 34.7 Å². The van der Waals surface area contributed by atoms with Gasteiger partial charge in [0.15, 0.2) is 0 Å². The molecule has 1 aliphatic heterocycles. The summed E-state index contributed by atoms with van der Waals surface area (Å²) in [4.78, 5) is 31.7. The van der Waals surface area contributed by atoms with Gasteiger partial charge in [-0.15, -0.1) is 23.1 Å². The molecule has 1 N–H and O–H groups in total. The third-order valence-corrected chi connectivity index (χ3v) is 6.76. The number of hydrogen-bond donors (Lipinski definition) is 1. The summed E-state index contributed by atoms with van der Waals surface area (Å²) in [6.45, 7) is 0.340. The summed E-state index contributed by atoms with van der Waals surface area (Å²) in [5, 5.41) is 6.37. The lowest BCUT2D eigenvalue weighted by atomic mass is 10.1. The average molecular weight is 444 g/mol. The Balaban J connectivity index is 1.38. The second kappa shape index (κ2) is 8.98. The van der Waals surface area contributed by atoms with Crippen LogP contribution in [0.4, 0.5) is 0 Å². The molecule has 5 nitrogen and oxygen atoms in total. The van der Waals surface area contributed by atoms with E-state index in [1.165, 1.54) is 0 Å². The molecule has 4 rings (SSSR count). The number of carbonyl (C=O) groups is 2. The number of benzene rings is 2. The van der Waals surface area contributed by atoms with E-state index in [0.717, 1.165) is 16.3 Å². The molecule has 0 spiro atoms. The van der Waals surface area contributed by atoms with Gasteiger partial charge in [0.1, 0.15) is 11.0 Å². The van der Waals surface area contributed by atoms with Crippen molar-refractivity contribution in [3.05, 3.63) is 76.3 Å². The number of thiazole rings is 1. The van der Waals surface area contributed by atoms with Gasteiger partial charge in [0.05, 0.1) is 18.1 Å². The van der Waals surface area contributed by atoms with Crippen LogP contribution in [-0.2, 0) is 11.3 Å². The zero-order chi connectivity index (χ0) is 20.2. The molecule has 0 unspecified atom stereocenters. The van der Waals surface area contributed by atoms with Gasteiger partial charge in [-0.25, -0.2) is 4.98 Å². The summed E-state index contributed by atoms with van der Waals surface area (Å²) in [6, 6.07) is 16.2. The summed E-state index contributed by atoms with van der Waals surface area (Å²) in [6.07, 6.45) is 0. The van der Waals surface area contributed by atoms with Crippen LogP contribution in [0.3, 0.4) is 0 Å². The van der Waals surface area contributed by atoms with E-state index < -0.39 is 6.04 Å². The summed E-state index contributed by atoms with van der Waals surface area (Å²) in [5.74, 6) is 0.754. The topological polar surface area (TPSA) is 62.3 Å². The Hall–Kier alpha value is -2.35. The van der Waals surface area contributed by atoms with Crippen molar-refractivity contribution in [1.82, 2.24) is 15.2 Å². The van der Waals surface area contributed by atoms with Crippen molar-refractivity contribution < 1.29 is 9.59 Å². The fourth-order valence-corrected chi connectivity index (χ4v) is 5.12. The number of thioether (sulfide) groups is 1. The molecule has 1 aromatic heterocycles. The fourth-order valence-electron chi connectivity index (χ4n) is 3.02. The van der Waals surface area contributed by atoms with Gasteiger partial charge in [-0.05, 0) is 24.3 Å². The number of aromatic nitrogens is 1. The number of hydrogen-bond acceptors (Lipinski definition) is 5. The van der Waals surface area contributed by atoms with E-state index in [0.29, 0.717) is 28.8 Å². The fraction of sp³-hybridized carbons (Fsp3) is 0.190. The van der Waals surface area contributed by atoms with E-state index >= 15 is 0 Å². The minimum absolute atomic E-state index is 0.160. The lowest BCUT2D eigenvalue weighted by Crippen LogP contribution is -2.47. The molecule has 0 saturated carbocycles. The van der Waals surface area contributed by atoms with Crippen molar-refractivity contribution in [2.45, 2.75) is 12.6 Å². The zero-order valence-corrected chi connectivity index (χ0v) is 17.8. The molecule has 2 amide bonds. The molecule has 1 saturated heterocycles. The zero-order valence-electron chi connectivity index (χ0n) is 15.4. The summed E-state index contributed by atoms with van der Waals surface area (Å²) >= 11 is 9.02. The first-order valence-electron chi connectivity index (χ1n) is 9.03. The van der Waals surface area contributed by atoms with Crippen LogP contribution in [-0.4, -0.2) is 39.4 Å². The number of nitrogens with zero attached hydrogens (tertiary/aromatic N) is 2. The Labute approximate surface area is 182 Å². The predicted octanol–water partition coefficient (Wildman–Crippen LogP) is 4.30. The molecule has 1 atom stereocenters. The summed E-state index contributed by atoms with van der Waals surface area (Å²) in [7, 11) is 0. The van der Waals surface area contributed by atoms with Gasteiger partial charge in [-0.2, -0.15) is 0 Å². The lowest BCUT2D eigenvalue weighted by molar-refractivity contribution is -0.124. The normalized spacial score (nSPS) is 16.0. The van der Waals surface area contributed by atoms with Crippen molar-refractivity contribution >= 4 is 46.5 Å². The molecule has 0 bridgehead atoms. The lowest BCUT2D eigenvalue weighted by Gasteiger charge is -2.23. The molecule has 2 heterocycles. The smallest absolute Gasteiger partial charge is 0.255 e. The monoisotopic (exact) mass is 443 g/mol. The Kier molecular flexibility index (Phi) is 6.18.